The van der Waals surface area contributed by atoms with Gasteiger partial charge in [0.05, 0.1) is 0 Å². The Balaban J connectivity index is 1.59. The molecular formula is C28H30O4. The minimum atomic E-state index is -0.937. The molecule has 166 valence electrons. The van der Waals surface area contributed by atoms with Gasteiger partial charge in [0.15, 0.2) is 6.10 Å². The van der Waals surface area contributed by atoms with Crippen LogP contribution in [0.3, 0.4) is 0 Å². The van der Waals surface area contributed by atoms with Crippen LogP contribution in [0.4, 0.5) is 0 Å². The van der Waals surface area contributed by atoms with E-state index in [1.807, 2.05) is 62.4 Å². The molecule has 0 saturated heterocycles. The van der Waals surface area contributed by atoms with Crippen molar-refractivity contribution in [2.75, 3.05) is 6.61 Å². The molecule has 0 aliphatic heterocycles. The molecule has 0 aromatic heterocycles. The summed E-state index contributed by atoms with van der Waals surface area (Å²) in [7, 11) is 0. The summed E-state index contributed by atoms with van der Waals surface area (Å²) in [5.41, 5.74) is 4.47. The van der Waals surface area contributed by atoms with Crippen molar-refractivity contribution in [2.24, 2.45) is 0 Å². The molecule has 32 heavy (non-hydrogen) atoms. The topological polar surface area (TPSA) is 55.8 Å². The lowest BCUT2D eigenvalue weighted by Gasteiger charge is -2.14. The Labute approximate surface area is 190 Å². The maximum Gasteiger partial charge on any atom is 0.333 e. The zero-order valence-electron chi connectivity index (χ0n) is 18.7. The van der Waals surface area contributed by atoms with E-state index in [0.717, 1.165) is 23.5 Å². The van der Waals surface area contributed by atoms with E-state index in [2.05, 4.69) is 36.4 Å². The lowest BCUT2D eigenvalue weighted by molar-refractivity contribution is -0.150. The number of ether oxygens (including phenoxy) is 2. The highest BCUT2D eigenvalue weighted by atomic mass is 16.5. The van der Waals surface area contributed by atoms with Crippen molar-refractivity contribution in [3.63, 3.8) is 0 Å². The van der Waals surface area contributed by atoms with Gasteiger partial charge >= 0.3 is 5.97 Å². The molecule has 4 heteroatoms. The number of allylic oxidation sites excluding steroid dienone is 2. The van der Waals surface area contributed by atoms with Crippen LogP contribution >= 0.6 is 0 Å². The van der Waals surface area contributed by atoms with Crippen LogP contribution in [0, 0.1) is 0 Å². The van der Waals surface area contributed by atoms with E-state index in [-0.39, 0.29) is 0 Å². The quantitative estimate of drug-likeness (QED) is 0.363. The van der Waals surface area contributed by atoms with Crippen LogP contribution in [0.1, 0.15) is 31.4 Å². The fourth-order valence-electron chi connectivity index (χ4n) is 3.38. The van der Waals surface area contributed by atoms with Gasteiger partial charge in [-0.2, -0.15) is 0 Å². The largest absolute Gasteiger partial charge is 0.479 e. The minimum Gasteiger partial charge on any atom is -0.479 e. The molecule has 0 saturated carbocycles. The molecule has 1 unspecified atom stereocenters. The van der Waals surface area contributed by atoms with Gasteiger partial charge in [-0.3, -0.25) is 0 Å². The fraction of sp³-hybridized carbons (Fsp3) is 0.250. The zero-order chi connectivity index (χ0) is 22.8. The molecule has 3 aromatic rings. The first kappa shape index (κ1) is 23.3. The summed E-state index contributed by atoms with van der Waals surface area (Å²) in [5, 5.41) is 9.33. The van der Waals surface area contributed by atoms with Gasteiger partial charge in [-0.1, -0.05) is 73.7 Å². The molecule has 1 N–H and O–H groups in total. The number of aliphatic carboxylic acids is 1. The molecule has 0 spiro atoms. The molecule has 3 aromatic carbocycles. The summed E-state index contributed by atoms with van der Waals surface area (Å²) < 4.78 is 11.5. The Morgan fingerprint density at radius 1 is 0.906 bits per heavy atom. The van der Waals surface area contributed by atoms with Gasteiger partial charge in [-0.05, 0) is 53.8 Å². The standard InChI is InChI=1S/C28H30O4/c1-3-18-31-27(28(29)30)20-22-12-16-26(17-13-22)32-25(4-2)19-21-10-14-24(15-11-21)23-8-6-5-7-9-23/h4-17,27H,3,18-20H2,1-2H3,(H,29,30). The van der Waals surface area contributed by atoms with Crippen LogP contribution in [-0.4, -0.2) is 23.8 Å². The average molecular weight is 431 g/mol. The number of carbonyl (C=O) groups is 1. The molecule has 4 nitrogen and oxygen atoms in total. The highest BCUT2D eigenvalue weighted by Crippen LogP contribution is 2.22. The molecule has 0 aliphatic rings. The predicted octanol–water partition coefficient (Wildman–Crippen LogP) is 6.30. The number of carboxylic acids is 1. The maximum atomic E-state index is 11.4. The highest BCUT2D eigenvalue weighted by Gasteiger charge is 2.18. The molecule has 0 fully saturated rings. The van der Waals surface area contributed by atoms with Crippen LogP contribution in [0.5, 0.6) is 5.75 Å². The summed E-state index contributed by atoms with van der Waals surface area (Å²) in [6, 6.07) is 26.4. The van der Waals surface area contributed by atoms with Gasteiger partial charge < -0.3 is 14.6 Å². The van der Waals surface area contributed by atoms with E-state index in [1.54, 1.807) is 0 Å². The fourth-order valence-corrected chi connectivity index (χ4v) is 3.38. The SMILES string of the molecule is CC=C(Cc1ccc(-c2ccccc2)cc1)Oc1ccc(CC(OCCC)C(=O)O)cc1. The summed E-state index contributed by atoms with van der Waals surface area (Å²) in [6.45, 7) is 4.36. The molecule has 0 amide bonds. The van der Waals surface area contributed by atoms with Gasteiger partial charge in [0.25, 0.3) is 0 Å². The Kier molecular flexibility index (Phi) is 8.64. The second-order valence-corrected chi connectivity index (χ2v) is 7.64. The third kappa shape index (κ3) is 6.82. The molecule has 0 aliphatic carbocycles. The predicted molar refractivity (Wildman–Crippen MR) is 128 cm³/mol. The molecular weight excluding hydrogens is 400 g/mol. The first-order chi connectivity index (χ1) is 15.6. The number of hydrogen-bond donors (Lipinski definition) is 1. The molecule has 0 bridgehead atoms. The highest BCUT2D eigenvalue weighted by molar-refractivity contribution is 5.72. The van der Waals surface area contributed by atoms with Crippen molar-refractivity contribution in [2.45, 2.75) is 39.2 Å². The second-order valence-electron chi connectivity index (χ2n) is 7.64. The zero-order valence-corrected chi connectivity index (χ0v) is 18.7. The first-order valence-electron chi connectivity index (χ1n) is 11.0. The van der Waals surface area contributed by atoms with E-state index in [4.69, 9.17) is 9.47 Å². The van der Waals surface area contributed by atoms with Gasteiger partial charge in [0.1, 0.15) is 11.5 Å². The van der Waals surface area contributed by atoms with E-state index < -0.39 is 12.1 Å². The Morgan fingerprint density at radius 3 is 2.12 bits per heavy atom. The van der Waals surface area contributed by atoms with Crippen molar-refractivity contribution in [1.82, 2.24) is 0 Å². The van der Waals surface area contributed by atoms with Crippen molar-refractivity contribution in [3.8, 4) is 16.9 Å². The number of benzene rings is 3. The molecule has 1 atom stereocenters. The first-order valence-corrected chi connectivity index (χ1v) is 11.0. The second kappa shape index (κ2) is 11.9. The average Bonchev–Trinajstić information content (AvgIpc) is 2.83. The summed E-state index contributed by atoms with van der Waals surface area (Å²) in [6.07, 6.45) is 2.96. The normalized spacial score (nSPS) is 12.4. The third-order valence-corrected chi connectivity index (χ3v) is 5.15. The van der Waals surface area contributed by atoms with Gasteiger partial charge in [-0.15, -0.1) is 0 Å². The van der Waals surface area contributed by atoms with Crippen LogP contribution in [0.25, 0.3) is 11.1 Å². The third-order valence-electron chi connectivity index (χ3n) is 5.15. The molecule has 3 rings (SSSR count). The van der Waals surface area contributed by atoms with Crippen LogP contribution in [0.15, 0.2) is 90.7 Å². The Bertz CT molecular complexity index is 1010. The van der Waals surface area contributed by atoms with Gasteiger partial charge in [-0.25, -0.2) is 4.79 Å². The summed E-state index contributed by atoms with van der Waals surface area (Å²) >= 11 is 0. The lowest BCUT2D eigenvalue weighted by Crippen LogP contribution is -2.26. The Hall–Kier alpha value is -3.37. The van der Waals surface area contributed by atoms with E-state index in [9.17, 15) is 9.90 Å². The number of hydrogen-bond acceptors (Lipinski definition) is 3. The van der Waals surface area contributed by atoms with Crippen molar-refractivity contribution >= 4 is 5.97 Å². The van der Waals surface area contributed by atoms with Gasteiger partial charge in [0.2, 0.25) is 0 Å². The Morgan fingerprint density at radius 2 is 1.53 bits per heavy atom. The van der Waals surface area contributed by atoms with Crippen molar-refractivity contribution in [1.29, 1.82) is 0 Å². The molecule has 0 radical (unpaired) electrons. The van der Waals surface area contributed by atoms with Crippen molar-refractivity contribution < 1.29 is 19.4 Å². The molecule has 0 heterocycles. The van der Waals surface area contributed by atoms with Crippen LogP contribution in [-0.2, 0) is 22.4 Å². The number of rotatable bonds is 11. The van der Waals surface area contributed by atoms with Gasteiger partial charge in [0, 0.05) is 19.4 Å². The number of carboxylic acid groups (broad SMARTS) is 1. The van der Waals surface area contributed by atoms with E-state index >= 15 is 0 Å². The van der Waals surface area contributed by atoms with E-state index in [0.29, 0.717) is 19.4 Å². The van der Waals surface area contributed by atoms with Crippen LogP contribution < -0.4 is 4.74 Å². The summed E-state index contributed by atoms with van der Waals surface area (Å²) in [5.74, 6) is 0.650. The van der Waals surface area contributed by atoms with Crippen LogP contribution in [0.2, 0.25) is 0 Å². The minimum absolute atomic E-state index is 0.333. The smallest absolute Gasteiger partial charge is 0.333 e. The lowest BCUT2D eigenvalue weighted by atomic mass is 10.0. The monoisotopic (exact) mass is 430 g/mol. The summed E-state index contributed by atoms with van der Waals surface area (Å²) in [4.78, 5) is 11.4. The van der Waals surface area contributed by atoms with Crippen molar-refractivity contribution in [3.05, 3.63) is 102 Å². The van der Waals surface area contributed by atoms with E-state index in [1.165, 1.54) is 16.7 Å². The maximum absolute atomic E-state index is 11.4.